The molecule has 0 saturated carbocycles. The Morgan fingerprint density at radius 1 is 1.05 bits per heavy atom. The molecule has 2 atom stereocenters. The van der Waals surface area contributed by atoms with Crippen molar-refractivity contribution in [2.75, 3.05) is 39.4 Å². The van der Waals surface area contributed by atoms with Crippen molar-refractivity contribution in [1.29, 1.82) is 0 Å². The number of amides is 2. The van der Waals surface area contributed by atoms with Crippen LogP contribution in [0.4, 0.5) is 0 Å². The maximum atomic E-state index is 14.6. The summed E-state index contributed by atoms with van der Waals surface area (Å²) < 4.78 is 6.35. The van der Waals surface area contributed by atoms with E-state index >= 15 is 0 Å². The molecule has 6 rings (SSSR count). The summed E-state index contributed by atoms with van der Waals surface area (Å²) in [7, 11) is 0. The zero-order valence-corrected chi connectivity index (χ0v) is 28.6. The third-order valence-electron chi connectivity index (χ3n) is 8.47. The van der Waals surface area contributed by atoms with Gasteiger partial charge in [-0.25, -0.2) is 0 Å². The molecule has 0 radical (unpaired) electrons. The van der Waals surface area contributed by atoms with Gasteiger partial charge < -0.3 is 19.9 Å². The highest BCUT2D eigenvalue weighted by Gasteiger charge is 2.58. The van der Waals surface area contributed by atoms with Crippen molar-refractivity contribution in [2.24, 2.45) is 0 Å². The molecule has 3 aromatic carbocycles. The van der Waals surface area contributed by atoms with E-state index in [4.69, 9.17) is 4.74 Å². The zero-order valence-electron chi connectivity index (χ0n) is 24.7. The summed E-state index contributed by atoms with van der Waals surface area (Å²) in [5.41, 5.74) is 4.06. The number of likely N-dealkylation sites (tertiary alicyclic amines) is 1. The third-order valence-corrected chi connectivity index (χ3v) is 10.9. The Labute approximate surface area is 279 Å². The molecule has 4 aromatic rings. The van der Waals surface area contributed by atoms with Gasteiger partial charge in [-0.1, -0.05) is 67.8 Å². The molecule has 2 saturated heterocycles. The van der Waals surface area contributed by atoms with Gasteiger partial charge in [0.15, 0.2) is 0 Å². The fourth-order valence-corrected chi connectivity index (χ4v) is 8.23. The lowest BCUT2D eigenvalue weighted by Crippen LogP contribution is -2.48. The Bertz CT molecular complexity index is 1620. The SMILES string of the molecule is Cc1ccc(S[C@]2(C(=O)NCCCN3CCOCC3)CC(=O)N(Cc3ccc(Br)cc3)[C@@H]2c2c[nH]c3cc(Br)ccc23)cc1. The van der Waals surface area contributed by atoms with Crippen LogP contribution in [0, 0.1) is 6.92 Å². The number of benzene rings is 3. The van der Waals surface area contributed by atoms with Crippen LogP contribution in [0.2, 0.25) is 0 Å². The number of morpholine rings is 1. The van der Waals surface area contributed by atoms with Gasteiger partial charge in [0.1, 0.15) is 4.75 Å². The molecular formula is C34H36Br2N4O3S. The molecule has 0 aliphatic carbocycles. The van der Waals surface area contributed by atoms with Crippen LogP contribution in [0.3, 0.4) is 0 Å². The minimum Gasteiger partial charge on any atom is -0.379 e. The lowest BCUT2D eigenvalue weighted by atomic mass is 9.91. The van der Waals surface area contributed by atoms with Gasteiger partial charge in [0.25, 0.3) is 0 Å². The molecule has 0 unspecified atom stereocenters. The van der Waals surface area contributed by atoms with Crippen LogP contribution in [0.1, 0.15) is 35.6 Å². The van der Waals surface area contributed by atoms with E-state index in [1.807, 2.05) is 47.5 Å². The van der Waals surface area contributed by atoms with Crippen molar-refractivity contribution in [1.82, 2.24) is 20.1 Å². The van der Waals surface area contributed by atoms with Crippen molar-refractivity contribution >= 4 is 66.3 Å². The highest BCUT2D eigenvalue weighted by molar-refractivity contribution is 9.10. The number of ether oxygens (including phenoxy) is 1. The van der Waals surface area contributed by atoms with Crippen LogP contribution >= 0.6 is 43.6 Å². The lowest BCUT2D eigenvalue weighted by molar-refractivity contribution is -0.129. The van der Waals surface area contributed by atoms with Crippen molar-refractivity contribution in [2.45, 2.75) is 42.0 Å². The van der Waals surface area contributed by atoms with Gasteiger partial charge in [0.05, 0.1) is 25.7 Å². The van der Waals surface area contributed by atoms with Gasteiger partial charge >= 0.3 is 0 Å². The Morgan fingerprint density at radius 2 is 1.77 bits per heavy atom. The molecule has 2 fully saturated rings. The van der Waals surface area contributed by atoms with Crippen molar-refractivity contribution < 1.29 is 14.3 Å². The van der Waals surface area contributed by atoms with Crippen molar-refractivity contribution in [3.8, 4) is 0 Å². The number of halogens is 2. The second-order valence-electron chi connectivity index (χ2n) is 11.5. The number of aromatic nitrogens is 1. The van der Waals surface area contributed by atoms with Crippen molar-refractivity contribution in [3.05, 3.63) is 98.6 Å². The molecule has 0 spiro atoms. The number of thioether (sulfide) groups is 1. The summed E-state index contributed by atoms with van der Waals surface area (Å²) >= 11 is 8.62. The second kappa shape index (κ2) is 13.8. The number of aromatic amines is 1. The zero-order chi connectivity index (χ0) is 30.7. The number of hydrogen-bond donors (Lipinski definition) is 2. The van der Waals surface area contributed by atoms with Gasteiger partial charge in [-0.15, -0.1) is 11.8 Å². The topological polar surface area (TPSA) is 77.7 Å². The Morgan fingerprint density at radius 3 is 2.52 bits per heavy atom. The maximum Gasteiger partial charge on any atom is 0.239 e. The summed E-state index contributed by atoms with van der Waals surface area (Å²) in [6.45, 7) is 7.23. The summed E-state index contributed by atoms with van der Waals surface area (Å²) in [4.78, 5) is 37.4. The fraction of sp³-hybridized carbons (Fsp3) is 0.353. The predicted octanol–water partition coefficient (Wildman–Crippen LogP) is 6.84. The number of carbonyl (C=O) groups excluding carboxylic acids is 2. The molecule has 7 nitrogen and oxygen atoms in total. The van der Waals surface area contributed by atoms with Gasteiger partial charge in [-0.3, -0.25) is 14.5 Å². The van der Waals surface area contributed by atoms with E-state index in [1.165, 1.54) is 11.8 Å². The molecule has 44 heavy (non-hydrogen) atoms. The van der Waals surface area contributed by atoms with E-state index in [-0.39, 0.29) is 18.2 Å². The second-order valence-corrected chi connectivity index (χ2v) is 14.8. The number of aryl methyl sites for hydroxylation is 1. The minimum atomic E-state index is -1.08. The molecule has 2 aliphatic rings. The number of rotatable bonds is 10. The minimum absolute atomic E-state index is 0.0348. The van der Waals surface area contributed by atoms with E-state index in [0.29, 0.717) is 13.1 Å². The first-order valence-electron chi connectivity index (χ1n) is 15.0. The largest absolute Gasteiger partial charge is 0.379 e. The molecular weight excluding hydrogens is 704 g/mol. The van der Waals surface area contributed by atoms with E-state index in [2.05, 4.69) is 84.3 Å². The smallest absolute Gasteiger partial charge is 0.239 e. The quantitative estimate of drug-likeness (QED) is 0.174. The van der Waals surface area contributed by atoms with Gasteiger partial charge in [0, 0.05) is 62.7 Å². The summed E-state index contributed by atoms with van der Waals surface area (Å²) in [6, 6.07) is 21.9. The molecule has 0 bridgehead atoms. The highest BCUT2D eigenvalue weighted by Crippen LogP contribution is 2.54. The third kappa shape index (κ3) is 6.79. The molecule has 1 aromatic heterocycles. The van der Waals surface area contributed by atoms with E-state index in [9.17, 15) is 9.59 Å². The van der Waals surface area contributed by atoms with E-state index < -0.39 is 10.8 Å². The van der Waals surface area contributed by atoms with E-state index in [0.717, 1.165) is 80.7 Å². The molecule has 230 valence electrons. The standard InChI is InChI=1S/C34H36Br2N4O3S/c1-23-3-10-27(11-4-23)44-34(33(42)37-13-2-14-39-15-17-43-18-16-39)20-31(41)40(22-24-5-7-25(35)8-6-24)32(34)29-21-38-30-19-26(36)9-12-28(29)30/h3-12,19,21,32,38H,2,13-18,20,22H2,1H3,(H,37,42)/t32-,34-/m1/s1. The van der Waals surface area contributed by atoms with Gasteiger partial charge in [0.2, 0.25) is 11.8 Å². The summed E-state index contributed by atoms with van der Waals surface area (Å²) in [5.74, 6) is -0.138. The fourth-order valence-electron chi connectivity index (χ4n) is 6.19. The van der Waals surface area contributed by atoms with Crippen LogP contribution in [-0.4, -0.2) is 70.7 Å². The normalized spacial score (nSPS) is 20.8. The Hall–Kier alpha value is -2.63. The molecule has 3 heterocycles. The first kappa shape index (κ1) is 31.4. The first-order chi connectivity index (χ1) is 21.3. The van der Waals surface area contributed by atoms with Crippen LogP contribution in [0.15, 0.2) is 86.8 Å². The summed E-state index contributed by atoms with van der Waals surface area (Å²) in [6.07, 6.45) is 2.91. The Balaban J connectivity index is 1.39. The maximum absolute atomic E-state index is 14.6. The van der Waals surface area contributed by atoms with Crippen LogP contribution in [0.5, 0.6) is 0 Å². The molecule has 2 aliphatic heterocycles. The van der Waals surface area contributed by atoms with Gasteiger partial charge in [-0.05, 0) is 61.9 Å². The number of fused-ring (bicyclic) bond motifs is 1. The number of carbonyl (C=O) groups is 2. The van der Waals surface area contributed by atoms with E-state index in [1.54, 1.807) is 0 Å². The number of H-pyrrole nitrogens is 1. The average molecular weight is 741 g/mol. The Kier molecular flexibility index (Phi) is 9.83. The first-order valence-corrected chi connectivity index (χ1v) is 17.4. The monoisotopic (exact) mass is 738 g/mol. The van der Waals surface area contributed by atoms with Crippen molar-refractivity contribution in [3.63, 3.8) is 0 Å². The summed E-state index contributed by atoms with van der Waals surface area (Å²) in [5, 5.41) is 4.28. The number of nitrogens with one attached hydrogen (secondary N) is 2. The number of nitrogens with zero attached hydrogens (tertiary/aromatic N) is 2. The van der Waals surface area contributed by atoms with Crippen LogP contribution < -0.4 is 5.32 Å². The predicted molar refractivity (Wildman–Crippen MR) is 183 cm³/mol. The van der Waals surface area contributed by atoms with Crippen LogP contribution in [0.25, 0.3) is 10.9 Å². The average Bonchev–Trinajstić information content (AvgIpc) is 3.55. The lowest BCUT2D eigenvalue weighted by Gasteiger charge is -2.36. The van der Waals surface area contributed by atoms with Crippen LogP contribution in [-0.2, 0) is 20.9 Å². The number of hydrogen-bond acceptors (Lipinski definition) is 5. The highest BCUT2D eigenvalue weighted by atomic mass is 79.9. The van der Waals surface area contributed by atoms with Gasteiger partial charge in [-0.2, -0.15) is 0 Å². The molecule has 10 heteroatoms. The molecule has 2 amide bonds. The molecule has 2 N–H and O–H groups in total.